The SMILES string of the molecule is Cc1ccc(O)c(CNc2ccc(C(N)=O)cc2C)c1. The van der Waals surface area contributed by atoms with E-state index in [0.29, 0.717) is 12.1 Å². The minimum atomic E-state index is -0.434. The second-order valence-electron chi connectivity index (χ2n) is 4.88. The van der Waals surface area contributed by atoms with Crippen LogP contribution in [-0.4, -0.2) is 11.0 Å². The van der Waals surface area contributed by atoms with Crippen LogP contribution in [-0.2, 0) is 6.54 Å². The zero-order chi connectivity index (χ0) is 14.7. The minimum absolute atomic E-state index is 0.273. The highest BCUT2D eigenvalue weighted by Crippen LogP contribution is 2.21. The van der Waals surface area contributed by atoms with Crippen LogP contribution in [0, 0.1) is 13.8 Å². The summed E-state index contributed by atoms with van der Waals surface area (Å²) in [5.74, 6) is -0.162. The first-order chi connectivity index (χ1) is 9.47. The number of nitrogens with two attached hydrogens (primary N) is 1. The van der Waals surface area contributed by atoms with Crippen molar-refractivity contribution in [3.8, 4) is 5.75 Å². The average molecular weight is 270 g/mol. The lowest BCUT2D eigenvalue weighted by atomic mass is 10.1. The molecule has 2 rings (SSSR count). The molecule has 0 aliphatic carbocycles. The highest BCUT2D eigenvalue weighted by atomic mass is 16.3. The summed E-state index contributed by atoms with van der Waals surface area (Å²) in [6, 6.07) is 10.8. The topological polar surface area (TPSA) is 75.3 Å². The number of carbonyl (C=O) groups excluding carboxylic acids is 1. The average Bonchev–Trinajstić information content (AvgIpc) is 2.40. The van der Waals surface area contributed by atoms with Crippen LogP contribution in [0.4, 0.5) is 5.69 Å². The van der Waals surface area contributed by atoms with Crippen LogP contribution in [0.3, 0.4) is 0 Å². The first-order valence-electron chi connectivity index (χ1n) is 6.40. The van der Waals surface area contributed by atoms with Crippen molar-refractivity contribution in [1.82, 2.24) is 0 Å². The maximum atomic E-state index is 11.1. The van der Waals surface area contributed by atoms with E-state index in [-0.39, 0.29) is 5.75 Å². The Morgan fingerprint density at radius 3 is 2.60 bits per heavy atom. The molecule has 2 aromatic rings. The van der Waals surface area contributed by atoms with Crippen molar-refractivity contribution in [2.45, 2.75) is 20.4 Å². The van der Waals surface area contributed by atoms with Crippen LogP contribution >= 0.6 is 0 Å². The summed E-state index contributed by atoms with van der Waals surface area (Å²) in [6.07, 6.45) is 0. The van der Waals surface area contributed by atoms with E-state index in [1.165, 1.54) is 0 Å². The Morgan fingerprint density at radius 2 is 1.95 bits per heavy atom. The Balaban J connectivity index is 2.15. The van der Waals surface area contributed by atoms with Gasteiger partial charge in [-0.25, -0.2) is 0 Å². The molecule has 0 saturated carbocycles. The molecule has 0 bridgehead atoms. The van der Waals surface area contributed by atoms with E-state index in [9.17, 15) is 9.90 Å². The molecule has 0 spiro atoms. The number of hydrogen-bond donors (Lipinski definition) is 3. The molecule has 4 N–H and O–H groups in total. The number of nitrogens with one attached hydrogen (secondary N) is 1. The van der Waals surface area contributed by atoms with Gasteiger partial charge in [-0.15, -0.1) is 0 Å². The van der Waals surface area contributed by atoms with Gasteiger partial charge in [0.05, 0.1) is 0 Å². The summed E-state index contributed by atoms with van der Waals surface area (Å²) in [7, 11) is 0. The molecule has 2 aromatic carbocycles. The maximum absolute atomic E-state index is 11.1. The Kier molecular flexibility index (Phi) is 3.94. The van der Waals surface area contributed by atoms with Gasteiger partial charge in [-0.1, -0.05) is 17.7 Å². The molecule has 0 atom stereocenters. The van der Waals surface area contributed by atoms with E-state index in [0.717, 1.165) is 22.4 Å². The van der Waals surface area contributed by atoms with Gasteiger partial charge in [0.15, 0.2) is 0 Å². The fraction of sp³-hybridized carbons (Fsp3) is 0.188. The third-order valence-electron chi connectivity index (χ3n) is 3.22. The predicted molar refractivity (Wildman–Crippen MR) is 79.9 cm³/mol. The Labute approximate surface area is 118 Å². The number of phenols is 1. The zero-order valence-corrected chi connectivity index (χ0v) is 11.6. The molecule has 0 aliphatic heterocycles. The fourth-order valence-electron chi connectivity index (χ4n) is 2.06. The number of amides is 1. The predicted octanol–water partition coefficient (Wildman–Crippen LogP) is 2.72. The number of carbonyl (C=O) groups is 1. The van der Waals surface area contributed by atoms with Crippen molar-refractivity contribution in [1.29, 1.82) is 0 Å². The van der Waals surface area contributed by atoms with Crippen LogP contribution < -0.4 is 11.1 Å². The van der Waals surface area contributed by atoms with Crippen molar-refractivity contribution >= 4 is 11.6 Å². The lowest BCUT2D eigenvalue weighted by Gasteiger charge is -2.12. The van der Waals surface area contributed by atoms with Gasteiger partial charge in [-0.2, -0.15) is 0 Å². The summed E-state index contributed by atoms with van der Waals surface area (Å²) in [5, 5.41) is 13.0. The van der Waals surface area contributed by atoms with Crippen molar-refractivity contribution in [3.05, 3.63) is 58.7 Å². The first-order valence-corrected chi connectivity index (χ1v) is 6.40. The van der Waals surface area contributed by atoms with Crippen molar-refractivity contribution in [3.63, 3.8) is 0 Å². The molecule has 104 valence electrons. The van der Waals surface area contributed by atoms with Crippen LogP contribution in [0.1, 0.15) is 27.0 Å². The highest BCUT2D eigenvalue weighted by molar-refractivity contribution is 5.93. The molecule has 0 unspecified atom stereocenters. The van der Waals surface area contributed by atoms with Gasteiger partial charge in [-0.05, 0) is 43.7 Å². The van der Waals surface area contributed by atoms with Gasteiger partial charge in [0.25, 0.3) is 0 Å². The lowest BCUT2D eigenvalue weighted by molar-refractivity contribution is 0.1000. The van der Waals surface area contributed by atoms with Crippen molar-refractivity contribution < 1.29 is 9.90 Å². The van der Waals surface area contributed by atoms with Gasteiger partial charge in [0, 0.05) is 23.4 Å². The number of phenolic OH excluding ortho intramolecular Hbond substituents is 1. The van der Waals surface area contributed by atoms with Crippen LogP contribution in [0.15, 0.2) is 36.4 Å². The molecule has 0 fully saturated rings. The van der Waals surface area contributed by atoms with Crippen molar-refractivity contribution in [2.75, 3.05) is 5.32 Å². The molecular weight excluding hydrogens is 252 g/mol. The number of primary amides is 1. The lowest BCUT2D eigenvalue weighted by Crippen LogP contribution is -2.11. The number of aryl methyl sites for hydroxylation is 2. The standard InChI is InChI=1S/C16H18N2O2/c1-10-3-6-15(19)13(7-10)9-18-14-5-4-12(16(17)20)8-11(14)2/h3-8,18-19H,9H2,1-2H3,(H2,17,20). The smallest absolute Gasteiger partial charge is 0.248 e. The third-order valence-corrected chi connectivity index (χ3v) is 3.22. The molecule has 4 nitrogen and oxygen atoms in total. The zero-order valence-electron chi connectivity index (χ0n) is 11.6. The number of rotatable bonds is 4. The molecule has 4 heteroatoms. The van der Waals surface area contributed by atoms with Gasteiger partial charge in [0.1, 0.15) is 5.75 Å². The van der Waals surface area contributed by atoms with Crippen molar-refractivity contribution in [2.24, 2.45) is 5.73 Å². The van der Waals surface area contributed by atoms with E-state index >= 15 is 0 Å². The summed E-state index contributed by atoms with van der Waals surface area (Å²) < 4.78 is 0. The van der Waals surface area contributed by atoms with Gasteiger partial charge in [-0.3, -0.25) is 4.79 Å². The molecule has 0 heterocycles. The molecule has 0 radical (unpaired) electrons. The van der Waals surface area contributed by atoms with Gasteiger partial charge >= 0.3 is 0 Å². The fourth-order valence-corrected chi connectivity index (χ4v) is 2.06. The maximum Gasteiger partial charge on any atom is 0.248 e. The van der Waals surface area contributed by atoms with E-state index in [2.05, 4.69) is 5.32 Å². The number of hydrogen-bond acceptors (Lipinski definition) is 3. The van der Waals surface area contributed by atoms with Gasteiger partial charge < -0.3 is 16.2 Å². The van der Waals surface area contributed by atoms with E-state index < -0.39 is 5.91 Å². The second kappa shape index (κ2) is 5.65. The molecule has 0 aliphatic rings. The number of benzene rings is 2. The minimum Gasteiger partial charge on any atom is -0.508 e. The highest BCUT2D eigenvalue weighted by Gasteiger charge is 2.05. The molecular formula is C16H18N2O2. The largest absolute Gasteiger partial charge is 0.508 e. The summed E-state index contributed by atoms with van der Waals surface area (Å²) in [5.41, 5.74) is 9.52. The summed E-state index contributed by atoms with van der Waals surface area (Å²) >= 11 is 0. The van der Waals surface area contributed by atoms with E-state index in [1.807, 2.05) is 32.0 Å². The quantitative estimate of drug-likeness (QED) is 0.799. The molecule has 0 aromatic heterocycles. The normalized spacial score (nSPS) is 10.3. The molecule has 0 saturated heterocycles. The first kappa shape index (κ1) is 13.9. The third kappa shape index (κ3) is 3.09. The van der Waals surface area contributed by atoms with E-state index in [4.69, 9.17) is 5.73 Å². The molecule has 20 heavy (non-hydrogen) atoms. The van der Waals surface area contributed by atoms with Crippen LogP contribution in [0.25, 0.3) is 0 Å². The summed E-state index contributed by atoms with van der Waals surface area (Å²) in [6.45, 7) is 4.41. The Bertz CT molecular complexity index is 651. The molecule has 1 amide bonds. The number of aromatic hydroxyl groups is 1. The summed E-state index contributed by atoms with van der Waals surface area (Å²) in [4.78, 5) is 11.1. The van der Waals surface area contributed by atoms with Crippen LogP contribution in [0.5, 0.6) is 5.75 Å². The van der Waals surface area contributed by atoms with Crippen LogP contribution in [0.2, 0.25) is 0 Å². The number of anilines is 1. The Hall–Kier alpha value is -2.49. The van der Waals surface area contributed by atoms with E-state index in [1.54, 1.807) is 18.2 Å². The second-order valence-corrected chi connectivity index (χ2v) is 4.88. The Morgan fingerprint density at radius 1 is 1.20 bits per heavy atom. The van der Waals surface area contributed by atoms with Gasteiger partial charge in [0.2, 0.25) is 5.91 Å². The monoisotopic (exact) mass is 270 g/mol.